The van der Waals surface area contributed by atoms with E-state index in [1.807, 2.05) is 84.9 Å². The van der Waals surface area contributed by atoms with Crippen LogP contribution in [0, 0.1) is 0 Å². The van der Waals surface area contributed by atoms with Crippen LogP contribution in [0.15, 0.2) is 182 Å². The Bertz CT molecular complexity index is 2080. The van der Waals surface area contributed by atoms with Gasteiger partial charge in [-0.25, -0.2) is 0 Å². The summed E-state index contributed by atoms with van der Waals surface area (Å²) in [6.07, 6.45) is -3.55. The van der Waals surface area contributed by atoms with Gasteiger partial charge in [-0.1, -0.05) is 203 Å². The second-order valence-corrected chi connectivity index (χ2v) is 21.2. The van der Waals surface area contributed by atoms with E-state index in [2.05, 4.69) is 118 Å². The molecule has 0 radical (unpaired) electrons. The molecule has 318 valence electrons. The van der Waals surface area contributed by atoms with Crippen LogP contribution in [0.4, 0.5) is 0 Å². The Balaban J connectivity index is 1.21. The van der Waals surface area contributed by atoms with Crippen molar-refractivity contribution in [3.8, 4) is 0 Å². The van der Waals surface area contributed by atoms with Crippen LogP contribution >= 0.6 is 0 Å². The van der Waals surface area contributed by atoms with Crippen molar-refractivity contribution < 1.29 is 33.2 Å². The average molecular weight is 837 g/mol. The highest BCUT2D eigenvalue weighted by atomic mass is 28.4. The number of aliphatic hydroxyl groups excluding tert-OH is 1. The third-order valence-corrected chi connectivity index (χ3v) is 16.4. The summed E-state index contributed by atoms with van der Waals surface area (Å²) < 4.78 is 41.5. The molecule has 7 nitrogen and oxygen atoms in total. The van der Waals surface area contributed by atoms with Gasteiger partial charge < -0.3 is 33.2 Å². The van der Waals surface area contributed by atoms with Crippen LogP contribution in [-0.4, -0.2) is 63.3 Å². The lowest BCUT2D eigenvalue weighted by Crippen LogP contribution is -2.67. The van der Waals surface area contributed by atoms with E-state index in [-0.39, 0.29) is 24.7 Å². The maximum atomic E-state index is 12.2. The largest absolute Gasteiger partial charge is 0.405 e. The van der Waals surface area contributed by atoms with Crippen LogP contribution in [0.1, 0.15) is 49.4 Å². The number of rotatable bonds is 20. The summed E-state index contributed by atoms with van der Waals surface area (Å²) in [6.45, 7) is 8.51. The van der Waals surface area contributed by atoms with Crippen molar-refractivity contribution in [1.82, 2.24) is 0 Å². The van der Waals surface area contributed by atoms with Crippen molar-refractivity contribution in [2.24, 2.45) is 0 Å². The van der Waals surface area contributed by atoms with Crippen molar-refractivity contribution in [2.45, 2.75) is 95.3 Å². The van der Waals surface area contributed by atoms with Crippen LogP contribution in [0.3, 0.4) is 0 Å². The van der Waals surface area contributed by atoms with Crippen LogP contribution < -0.4 is 10.4 Å². The van der Waals surface area contributed by atoms with Gasteiger partial charge in [0.15, 0.2) is 0 Å². The molecule has 1 N–H and O–H groups in total. The standard InChI is InChI=1S/C53H60O7Si/c1-53(2,3)61(46-30-18-8-19-31-46,47-32-20-9-21-33-47)59-39-45(54)34-48-50(56-36-42-24-12-5-13-25-42)52(58-38-44-28-16-7-17-29-44)51(57-37-43-26-14-6-15-27-43)49(60-48)40-55-35-41-22-10-4-11-23-41/h4-33,45,48-52,54H,34-40H2,1-3H3/t45-,48+,49-,50+,51+,52-/m1/s1. The predicted octanol–water partition coefficient (Wildman–Crippen LogP) is 9.05. The Labute approximate surface area is 363 Å². The molecule has 1 fully saturated rings. The summed E-state index contributed by atoms with van der Waals surface area (Å²) in [7, 11) is -2.93. The molecule has 0 bridgehead atoms. The van der Waals surface area contributed by atoms with Gasteiger partial charge in [0.25, 0.3) is 8.32 Å². The van der Waals surface area contributed by atoms with E-state index in [0.29, 0.717) is 26.4 Å². The zero-order valence-electron chi connectivity index (χ0n) is 35.6. The highest BCUT2D eigenvalue weighted by Gasteiger charge is 2.52. The molecule has 0 aromatic heterocycles. The molecule has 7 rings (SSSR count). The minimum absolute atomic E-state index is 0.108. The molecule has 6 aromatic rings. The third kappa shape index (κ3) is 11.8. The minimum Gasteiger partial charge on any atom is -0.405 e. The van der Waals surface area contributed by atoms with E-state index in [4.69, 9.17) is 28.1 Å². The fourth-order valence-electron chi connectivity index (χ4n) is 8.39. The number of ether oxygens (including phenoxy) is 5. The summed E-state index contributed by atoms with van der Waals surface area (Å²) in [5.74, 6) is 0. The Hall–Kier alpha value is -4.74. The van der Waals surface area contributed by atoms with Gasteiger partial charge in [-0.15, -0.1) is 0 Å². The number of hydrogen-bond acceptors (Lipinski definition) is 7. The summed E-state index contributed by atoms with van der Waals surface area (Å²) in [5, 5.41) is 14.3. The fourth-order valence-corrected chi connectivity index (χ4v) is 13.0. The first-order valence-electron chi connectivity index (χ1n) is 21.5. The quantitative estimate of drug-likeness (QED) is 0.0770. The molecule has 8 heteroatoms. The molecule has 6 atom stereocenters. The minimum atomic E-state index is -2.93. The van der Waals surface area contributed by atoms with E-state index >= 15 is 0 Å². The lowest BCUT2D eigenvalue weighted by Gasteiger charge is -2.47. The molecule has 1 aliphatic heterocycles. The van der Waals surface area contributed by atoms with Crippen molar-refractivity contribution in [1.29, 1.82) is 0 Å². The molecule has 1 aliphatic rings. The number of aliphatic hydroxyl groups is 1. The summed E-state index contributed by atoms with van der Waals surface area (Å²) in [4.78, 5) is 0. The Morgan fingerprint density at radius 3 is 1.26 bits per heavy atom. The maximum absolute atomic E-state index is 12.2. The van der Waals surface area contributed by atoms with Gasteiger partial charge in [-0.2, -0.15) is 0 Å². The molecule has 0 spiro atoms. The van der Waals surface area contributed by atoms with Crippen molar-refractivity contribution >= 4 is 18.7 Å². The third-order valence-electron chi connectivity index (χ3n) is 11.4. The highest BCUT2D eigenvalue weighted by molar-refractivity contribution is 6.99. The van der Waals surface area contributed by atoms with E-state index in [1.54, 1.807) is 0 Å². The molecule has 0 amide bonds. The SMILES string of the molecule is CC(C)(C)[Si](OC[C@H](O)C[C@@H]1O[C@H](COCc2ccccc2)[C@H](OCc2ccccc2)[C@H](OCc2ccccc2)[C@H]1OCc1ccccc1)(c1ccccc1)c1ccccc1. The molecule has 61 heavy (non-hydrogen) atoms. The molecular weight excluding hydrogens is 777 g/mol. The maximum Gasteiger partial charge on any atom is 0.261 e. The van der Waals surface area contributed by atoms with Gasteiger partial charge in [0.05, 0.1) is 51.8 Å². The van der Waals surface area contributed by atoms with Crippen LogP contribution in [0.5, 0.6) is 0 Å². The summed E-state index contributed by atoms with van der Waals surface area (Å²) in [6, 6.07) is 61.5. The van der Waals surface area contributed by atoms with E-state index in [0.717, 1.165) is 32.6 Å². The first-order chi connectivity index (χ1) is 29.8. The van der Waals surface area contributed by atoms with Gasteiger partial charge in [-0.05, 0) is 37.7 Å². The van der Waals surface area contributed by atoms with Crippen molar-refractivity contribution in [3.63, 3.8) is 0 Å². The normalized spacial score (nSPS) is 20.0. The smallest absolute Gasteiger partial charge is 0.261 e. The first-order valence-corrected chi connectivity index (χ1v) is 23.4. The molecule has 1 heterocycles. The van der Waals surface area contributed by atoms with E-state index < -0.39 is 44.9 Å². The lowest BCUT2D eigenvalue weighted by atomic mass is 9.91. The fraction of sp³-hybridized carbons (Fsp3) is 0.321. The van der Waals surface area contributed by atoms with Gasteiger partial charge in [0.2, 0.25) is 0 Å². The number of hydrogen-bond donors (Lipinski definition) is 1. The molecule has 1 saturated heterocycles. The zero-order valence-corrected chi connectivity index (χ0v) is 36.6. The van der Waals surface area contributed by atoms with Crippen LogP contribution in [0.25, 0.3) is 0 Å². The van der Waals surface area contributed by atoms with Gasteiger partial charge in [-0.3, -0.25) is 0 Å². The van der Waals surface area contributed by atoms with Gasteiger partial charge >= 0.3 is 0 Å². The Morgan fingerprint density at radius 1 is 0.492 bits per heavy atom. The van der Waals surface area contributed by atoms with Crippen molar-refractivity contribution in [2.75, 3.05) is 13.2 Å². The molecule has 6 aromatic carbocycles. The summed E-state index contributed by atoms with van der Waals surface area (Å²) in [5.41, 5.74) is 4.15. The van der Waals surface area contributed by atoms with Crippen molar-refractivity contribution in [3.05, 3.63) is 204 Å². The summed E-state index contributed by atoms with van der Waals surface area (Å²) >= 11 is 0. The lowest BCUT2D eigenvalue weighted by molar-refractivity contribution is -0.276. The highest BCUT2D eigenvalue weighted by Crippen LogP contribution is 2.38. The van der Waals surface area contributed by atoms with Crippen LogP contribution in [-0.2, 0) is 54.5 Å². The predicted molar refractivity (Wildman–Crippen MR) is 244 cm³/mol. The van der Waals surface area contributed by atoms with E-state index in [1.165, 1.54) is 0 Å². The zero-order chi connectivity index (χ0) is 42.3. The molecule has 0 saturated carbocycles. The van der Waals surface area contributed by atoms with Gasteiger partial charge in [0.1, 0.15) is 24.4 Å². The Morgan fingerprint density at radius 2 is 0.852 bits per heavy atom. The monoisotopic (exact) mass is 836 g/mol. The number of benzene rings is 6. The molecule has 0 unspecified atom stereocenters. The topological polar surface area (TPSA) is 75.6 Å². The molecular formula is C53H60O7Si. The van der Waals surface area contributed by atoms with Gasteiger partial charge in [0, 0.05) is 6.42 Å². The second-order valence-electron chi connectivity index (χ2n) is 16.9. The van der Waals surface area contributed by atoms with E-state index in [9.17, 15) is 5.11 Å². The Kier molecular flexibility index (Phi) is 15.9. The first kappa shape index (κ1) is 44.3. The second kappa shape index (κ2) is 21.9. The average Bonchev–Trinajstić information content (AvgIpc) is 3.29. The molecule has 0 aliphatic carbocycles. The van der Waals surface area contributed by atoms with Crippen LogP contribution in [0.2, 0.25) is 5.04 Å².